The van der Waals surface area contributed by atoms with E-state index in [1.54, 1.807) is 18.6 Å². The summed E-state index contributed by atoms with van der Waals surface area (Å²) in [5, 5.41) is 0. The van der Waals surface area contributed by atoms with E-state index in [4.69, 9.17) is 18.9 Å². The second-order valence-electron chi connectivity index (χ2n) is 11.6. The summed E-state index contributed by atoms with van der Waals surface area (Å²) >= 11 is 0. The molecule has 0 radical (unpaired) electrons. The first-order chi connectivity index (χ1) is 24.2. The first-order valence-electron chi connectivity index (χ1n) is 16.3. The van der Waals surface area contributed by atoms with E-state index in [1.165, 1.54) is 5.56 Å². The van der Waals surface area contributed by atoms with Crippen LogP contribution < -0.4 is 0 Å². The molecule has 2 aliphatic rings. The molecule has 2 unspecified atom stereocenters. The molecule has 2 aliphatic heterocycles. The Balaban J connectivity index is 0.000000147. The largest absolute Gasteiger partial charge is 3.00 e. The Labute approximate surface area is 308 Å². The van der Waals surface area contributed by atoms with Gasteiger partial charge in [-0.25, -0.2) is 0 Å². The minimum atomic E-state index is 0. The number of aryl methyl sites for hydroxylation is 1. The molecular formula is C42H38IrN3O4. The van der Waals surface area contributed by atoms with E-state index in [-0.39, 0.29) is 20.1 Å². The molecule has 0 bridgehead atoms. The zero-order valence-electron chi connectivity index (χ0n) is 27.8. The van der Waals surface area contributed by atoms with E-state index in [9.17, 15) is 0 Å². The van der Waals surface area contributed by atoms with Crippen LogP contribution in [-0.4, -0.2) is 53.6 Å². The van der Waals surface area contributed by atoms with Crippen molar-refractivity contribution in [2.24, 2.45) is 0 Å². The van der Waals surface area contributed by atoms with Gasteiger partial charge in [0.2, 0.25) is 0 Å². The third-order valence-electron chi connectivity index (χ3n) is 7.49. The Kier molecular flexibility index (Phi) is 14.5. The number of aromatic nitrogens is 3. The average Bonchev–Trinajstić information content (AvgIpc) is 4.12. The van der Waals surface area contributed by atoms with Crippen molar-refractivity contribution in [1.82, 2.24) is 15.0 Å². The zero-order valence-corrected chi connectivity index (χ0v) is 30.2. The van der Waals surface area contributed by atoms with Gasteiger partial charge in [0, 0.05) is 31.8 Å². The predicted molar refractivity (Wildman–Crippen MR) is 189 cm³/mol. The van der Waals surface area contributed by atoms with Gasteiger partial charge in [-0.05, 0) is 35.3 Å². The monoisotopic (exact) mass is 841 g/mol. The first kappa shape index (κ1) is 36.9. The number of rotatable bonds is 11. The fourth-order valence-corrected chi connectivity index (χ4v) is 4.59. The third kappa shape index (κ3) is 12.5. The first-order valence-corrected chi connectivity index (χ1v) is 16.3. The maximum atomic E-state index is 5.53. The number of epoxide rings is 2. The van der Waals surface area contributed by atoms with Crippen molar-refractivity contribution in [3.05, 3.63) is 163 Å². The number of ether oxygens (including phenoxy) is 4. The molecule has 0 spiro atoms. The van der Waals surface area contributed by atoms with E-state index in [1.807, 2.05) is 103 Å². The summed E-state index contributed by atoms with van der Waals surface area (Å²) in [5.74, 6) is 0. The fourth-order valence-electron chi connectivity index (χ4n) is 4.59. The molecule has 2 fully saturated rings. The molecule has 2 atom stereocenters. The molecule has 0 N–H and O–H groups in total. The molecule has 7 nitrogen and oxygen atoms in total. The van der Waals surface area contributed by atoms with Gasteiger partial charge in [0.25, 0.3) is 0 Å². The van der Waals surface area contributed by atoms with Gasteiger partial charge >= 0.3 is 20.1 Å². The van der Waals surface area contributed by atoms with Gasteiger partial charge in [-0.2, -0.15) is 0 Å². The van der Waals surface area contributed by atoms with Crippen LogP contribution in [-0.2, 0) is 52.3 Å². The van der Waals surface area contributed by atoms with E-state index in [2.05, 4.69) is 46.1 Å². The Bertz CT molecular complexity index is 1710. The summed E-state index contributed by atoms with van der Waals surface area (Å²) in [7, 11) is 0. The number of pyridine rings is 3. The SMILES string of the molecule is Cc1c[c-]c(-c2ccccn2)cc1.[Ir+3].[c-]1cc(COCC2CO2)ccc1-c1ccccn1.[c-]1cc(COCC2CO2)ccc1-c1ccccn1. The molecular weight excluding hydrogens is 803 g/mol. The van der Waals surface area contributed by atoms with Crippen LogP contribution in [0.15, 0.2) is 128 Å². The summed E-state index contributed by atoms with van der Waals surface area (Å²) < 4.78 is 21.2. The van der Waals surface area contributed by atoms with E-state index in [0.717, 1.165) is 58.1 Å². The van der Waals surface area contributed by atoms with Gasteiger partial charge in [0.1, 0.15) is 12.2 Å². The van der Waals surface area contributed by atoms with Crippen LogP contribution in [0.3, 0.4) is 0 Å². The van der Waals surface area contributed by atoms with Crippen LogP contribution >= 0.6 is 0 Å². The fraction of sp³-hybridized carbons (Fsp3) is 0.214. The number of hydrogen-bond acceptors (Lipinski definition) is 7. The minimum absolute atomic E-state index is 0. The Morgan fingerprint density at radius 3 is 1.26 bits per heavy atom. The molecule has 6 aromatic rings. The summed E-state index contributed by atoms with van der Waals surface area (Å²) in [5.41, 5.74) is 9.38. The van der Waals surface area contributed by atoms with Gasteiger partial charge in [-0.15, -0.1) is 106 Å². The van der Waals surface area contributed by atoms with Gasteiger partial charge in [0.15, 0.2) is 0 Å². The quantitative estimate of drug-likeness (QED) is 0.0975. The maximum Gasteiger partial charge on any atom is 3.00 e. The number of nitrogens with zero attached hydrogens (tertiary/aromatic N) is 3. The third-order valence-corrected chi connectivity index (χ3v) is 7.49. The smallest absolute Gasteiger partial charge is 0.383 e. The Hall–Kier alpha value is -4.40. The average molecular weight is 841 g/mol. The predicted octanol–water partition coefficient (Wildman–Crippen LogP) is 7.78. The summed E-state index contributed by atoms with van der Waals surface area (Å²) in [6, 6.07) is 45.4. The summed E-state index contributed by atoms with van der Waals surface area (Å²) in [6.07, 6.45) is 6.01. The zero-order chi connectivity index (χ0) is 33.5. The molecule has 8 heteroatoms. The molecule has 0 aliphatic carbocycles. The van der Waals surface area contributed by atoms with Crippen LogP contribution in [0.1, 0.15) is 16.7 Å². The Morgan fingerprint density at radius 1 is 0.560 bits per heavy atom. The van der Waals surface area contributed by atoms with E-state index >= 15 is 0 Å². The molecule has 2 saturated heterocycles. The molecule has 3 aromatic heterocycles. The van der Waals surface area contributed by atoms with E-state index in [0.29, 0.717) is 38.6 Å². The molecule has 0 amide bonds. The summed E-state index contributed by atoms with van der Waals surface area (Å²) in [4.78, 5) is 12.8. The van der Waals surface area contributed by atoms with Gasteiger partial charge in [-0.3, -0.25) is 0 Å². The second kappa shape index (κ2) is 19.7. The Morgan fingerprint density at radius 2 is 0.960 bits per heavy atom. The molecule has 8 rings (SSSR count). The van der Waals surface area contributed by atoms with Crippen molar-refractivity contribution in [3.8, 4) is 33.8 Å². The number of benzene rings is 3. The van der Waals surface area contributed by atoms with Crippen molar-refractivity contribution in [1.29, 1.82) is 0 Å². The molecule has 50 heavy (non-hydrogen) atoms. The van der Waals surface area contributed by atoms with Crippen molar-refractivity contribution in [2.45, 2.75) is 32.3 Å². The standard InChI is InChI=1S/2C15H14NO2.C12H10N.Ir/c2*1-2-8-16-15(3-1)13-6-4-12(5-7-13)9-17-10-14-11-18-14;1-10-5-7-11(8-6-10)12-4-2-3-9-13-12;/h2*1-6,8,14H,9-11H2;2-7,9H,1H3;/q3*-1;+3. The minimum Gasteiger partial charge on any atom is -0.383 e. The van der Waals surface area contributed by atoms with Crippen LogP contribution in [0.5, 0.6) is 0 Å². The topological polar surface area (TPSA) is 82.2 Å². The van der Waals surface area contributed by atoms with Crippen LogP contribution in [0.25, 0.3) is 33.8 Å². The van der Waals surface area contributed by atoms with Crippen molar-refractivity contribution >= 4 is 0 Å². The van der Waals surface area contributed by atoms with Gasteiger partial charge < -0.3 is 33.9 Å². The van der Waals surface area contributed by atoms with E-state index < -0.39 is 0 Å². The molecule has 254 valence electrons. The van der Waals surface area contributed by atoms with Crippen LogP contribution in [0, 0.1) is 25.1 Å². The van der Waals surface area contributed by atoms with Crippen molar-refractivity contribution in [2.75, 3.05) is 26.4 Å². The maximum absolute atomic E-state index is 5.53. The normalized spacial score (nSPS) is 15.3. The molecule has 0 saturated carbocycles. The van der Waals surface area contributed by atoms with Gasteiger partial charge in [-0.1, -0.05) is 43.3 Å². The molecule has 3 aromatic carbocycles. The van der Waals surface area contributed by atoms with Crippen LogP contribution in [0.2, 0.25) is 0 Å². The van der Waals surface area contributed by atoms with Crippen molar-refractivity contribution in [3.63, 3.8) is 0 Å². The van der Waals surface area contributed by atoms with Crippen LogP contribution in [0.4, 0.5) is 0 Å². The van der Waals surface area contributed by atoms with Gasteiger partial charge in [0.05, 0.1) is 26.4 Å². The van der Waals surface area contributed by atoms with Crippen molar-refractivity contribution < 1.29 is 39.1 Å². The molecule has 5 heterocycles. The summed E-state index contributed by atoms with van der Waals surface area (Å²) in [6.45, 7) is 6.32. The number of hydrogen-bond donors (Lipinski definition) is 0. The second-order valence-corrected chi connectivity index (χ2v) is 11.6.